The van der Waals surface area contributed by atoms with Gasteiger partial charge in [-0.1, -0.05) is 6.07 Å². The minimum atomic E-state index is -0.238. The molecule has 0 aromatic heterocycles. The van der Waals surface area contributed by atoms with Crippen molar-refractivity contribution in [2.24, 2.45) is 5.73 Å². The number of methoxy groups -OCH3 is 1. The van der Waals surface area contributed by atoms with Gasteiger partial charge in [0.1, 0.15) is 5.75 Å². The van der Waals surface area contributed by atoms with Crippen LogP contribution < -0.4 is 11.1 Å². The number of phenolic OH excluding ortho intramolecular Hbond substituents is 1. The number of benzene rings is 1. The molecular weight excluding hydrogens is 196 g/mol. The average Bonchev–Trinajstić information content (AvgIpc) is 2.25. The third-order valence-corrected chi connectivity index (χ3v) is 2.11. The number of nitrogens with two attached hydrogens (primary N) is 1. The Morgan fingerprint density at radius 1 is 1.67 bits per heavy atom. The number of phenols is 1. The second-order valence-electron chi connectivity index (χ2n) is 3.00. The van der Waals surface area contributed by atoms with E-state index in [0.29, 0.717) is 18.6 Å². The van der Waals surface area contributed by atoms with E-state index in [1.165, 1.54) is 6.07 Å². The number of ether oxygens (including phenoxy) is 1. The van der Waals surface area contributed by atoms with Gasteiger partial charge in [0, 0.05) is 13.7 Å². The molecule has 0 saturated carbocycles. The quantitative estimate of drug-likeness (QED) is 0.491. The van der Waals surface area contributed by atoms with E-state index in [0.717, 1.165) is 5.56 Å². The fourth-order valence-corrected chi connectivity index (χ4v) is 1.30. The Bertz CT molecular complexity index is 337. The summed E-state index contributed by atoms with van der Waals surface area (Å²) in [6.07, 6.45) is 0.265. The first-order valence-electron chi connectivity index (χ1n) is 4.49. The van der Waals surface area contributed by atoms with E-state index in [-0.39, 0.29) is 11.9 Å². The molecule has 0 fully saturated rings. The van der Waals surface area contributed by atoms with Crippen molar-refractivity contribution in [2.45, 2.75) is 6.10 Å². The number of hydrogen-bond acceptors (Lipinski definition) is 4. The molecule has 0 heterocycles. The first kappa shape index (κ1) is 11.5. The summed E-state index contributed by atoms with van der Waals surface area (Å²) >= 11 is 0. The highest BCUT2D eigenvalue weighted by Crippen LogP contribution is 2.27. The normalized spacial score (nSPS) is 12.1. The molecule has 1 amide bonds. The second kappa shape index (κ2) is 5.33. The number of carbonyl (C=O) groups excluding carboxylic acids is 1. The predicted octanol–water partition coefficient (Wildman–Crippen LogP) is 0.607. The smallest absolute Gasteiger partial charge is 0.211 e. The van der Waals surface area contributed by atoms with Gasteiger partial charge in [0.25, 0.3) is 0 Å². The molecule has 15 heavy (non-hydrogen) atoms. The van der Waals surface area contributed by atoms with Crippen LogP contribution in [-0.4, -0.2) is 25.2 Å². The van der Waals surface area contributed by atoms with Crippen LogP contribution in [0.5, 0.6) is 5.75 Å². The van der Waals surface area contributed by atoms with E-state index in [1.54, 1.807) is 19.2 Å². The van der Waals surface area contributed by atoms with Crippen molar-refractivity contribution in [1.82, 2.24) is 0 Å². The highest BCUT2D eigenvalue weighted by Gasteiger charge is 2.10. The highest BCUT2D eigenvalue weighted by molar-refractivity contribution is 5.75. The van der Waals surface area contributed by atoms with Crippen molar-refractivity contribution in [3.63, 3.8) is 0 Å². The summed E-state index contributed by atoms with van der Waals surface area (Å²) in [7, 11) is 1.55. The van der Waals surface area contributed by atoms with Crippen LogP contribution in [0.25, 0.3) is 0 Å². The first-order chi connectivity index (χ1) is 7.22. The van der Waals surface area contributed by atoms with Gasteiger partial charge >= 0.3 is 0 Å². The van der Waals surface area contributed by atoms with Gasteiger partial charge in [-0.15, -0.1) is 0 Å². The van der Waals surface area contributed by atoms with E-state index >= 15 is 0 Å². The van der Waals surface area contributed by atoms with E-state index in [1.807, 2.05) is 0 Å². The Labute approximate surface area is 87.9 Å². The van der Waals surface area contributed by atoms with Crippen molar-refractivity contribution in [1.29, 1.82) is 0 Å². The van der Waals surface area contributed by atoms with Gasteiger partial charge in [0.15, 0.2) is 0 Å². The Kier molecular flexibility index (Phi) is 4.08. The lowest BCUT2D eigenvalue weighted by atomic mass is 10.1. The standard InChI is InChI=1S/C10H14N2O3/c1-15-10(5-11)7-2-3-9(14)8(4-7)12-6-13/h2-4,6,10,14H,5,11H2,1H3,(H,12,13). The van der Waals surface area contributed by atoms with Crippen LogP contribution in [0.3, 0.4) is 0 Å². The highest BCUT2D eigenvalue weighted by atomic mass is 16.5. The van der Waals surface area contributed by atoms with Crippen LogP contribution in [-0.2, 0) is 9.53 Å². The Balaban J connectivity index is 3.00. The van der Waals surface area contributed by atoms with Gasteiger partial charge in [0.2, 0.25) is 6.41 Å². The Morgan fingerprint density at radius 3 is 2.93 bits per heavy atom. The zero-order valence-corrected chi connectivity index (χ0v) is 8.43. The maximum absolute atomic E-state index is 10.3. The Morgan fingerprint density at radius 2 is 2.40 bits per heavy atom. The SMILES string of the molecule is COC(CN)c1ccc(O)c(NC=O)c1. The van der Waals surface area contributed by atoms with Crippen LogP contribution in [0, 0.1) is 0 Å². The predicted molar refractivity (Wildman–Crippen MR) is 56.6 cm³/mol. The summed E-state index contributed by atoms with van der Waals surface area (Å²) in [5.41, 5.74) is 6.65. The fraction of sp³-hybridized carbons (Fsp3) is 0.300. The number of nitrogens with one attached hydrogen (secondary N) is 1. The summed E-state index contributed by atoms with van der Waals surface area (Å²) in [4.78, 5) is 10.3. The van der Waals surface area contributed by atoms with E-state index in [9.17, 15) is 9.90 Å². The molecule has 1 aromatic carbocycles. The lowest BCUT2D eigenvalue weighted by Gasteiger charge is -2.14. The van der Waals surface area contributed by atoms with Crippen molar-refractivity contribution < 1.29 is 14.6 Å². The number of aromatic hydroxyl groups is 1. The largest absolute Gasteiger partial charge is 0.506 e. The summed E-state index contributed by atoms with van der Waals surface area (Å²) < 4.78 is 5.14. The van der Waals surface area contributed by atoms with E-state index in [4.69, 9.17) is 10.5 Å². The van der Waals surface area contributed by atoms with Crippen LogP contribution in [0.4, 0.5) is 5.69 Å². The van der Waals surface area contributed by atoms with Crippen LogP contribution in [0.2, 0.25) is 0 Å². The third kappa shape index (κ3) is 2.68. The molecule has 0 aliphatic carbocycles. The molecule has 82 valence electrons. The number of anilines is 1. The topological polar surface area (TPSA) is 84.6 Å². The molecule has 4 N–H and O–H groups in total. The molecule has 0 spiro atoms. The van der Waals surface area contributed by atoms with Crippen LogP contribution in [0.15, 0.2) is 18.2 Å². The summed E-state index contributed by atoms with van der Waals surface area (Å²) in [5, 5.41) is 11.8. The molecule has 0 aliphatic rings. The van der Waals surface area contributed by atoms with E-state index in [2.05, 4.69) is 5.32 Å². The Hall–Kier alpha value is -1.59. The molecule has 0 radical (unpaired) electrons. The van der Waals surface area contributed by atoms with Gasteiger partial charge in [-0.25, -0.2) is 0 Å². The zero-order valence-electron chi connectivity index (χ0n) is 8.43. The third-order valence-electron chi connectivity index (χ3n) is 2.11. The van der Waals surface area contributed by atoms with Crippen LogP contribution >= 0.6 is 0 Å². The molecule has 1 aromatic rings. The molecule has 1 atom stereocenters. The number of amides is 1. The van der Waals surface area contributed by atoms with Gasteiger partial charge < -0.3 is 20.9 Å². The zero-order chi connectivity index (χ0) is 11.3. The summed E-state index contributed by atoms with van der Waals surface area (Å²) in [6, 6.07) is 4.82. The first-order valence-corrected chi connectivity index (χ1v) is 4.49. The van der Waals surface area contributed by atoms with Crippen molar-refractivity contribution >= 4 is 12.1 Å². The summed E-state index contributed by atoms with van der Waals surface area (Å²) in [5.74, 6) is 0.0118. The van der Waals surface area contributed by atoms with Crippen molar-refractivity contribution in [2.75, 3.05) is 19.0 Å². The fourth-order valence-electron chi connectivity index (χ4n) is 1.30. The average molecular weight is 210 g/mol. The lowest BCUT2D eigenvalue weighted by Crippen LogP contribution is -2.14. The van der Waals surface area contributed by atoms with Gasteiger partial charge in [-0.2, -0.15) is 0 Å². The number of carbonyl (C=O) groups is 1. The van der Waals surface area contributed by atoms with Gasteiger partial charge in [0.05, 0.1) is 11.8 Å². The lowest BCUT2D eigenvalue weighted by molar-refractivity contribution is -0.105. The molecular formula is C10H14N2O3. The maximum Gasteiger partial charge on any atom is 0.211 e. The maximum atomic E-state index is 10.3. The molecule has 0 saturated heterocycles. The van der Waals surface area contributed by atoms with Crippen LogP contribution in [0.1, 0.15) is 11.7 Å². The van der Waals surface area contributed by atoms with E-state index < -0.39 is 0 Å². The van der Waals surface area contributed by atoms with Crippen molar-refractivity contribution in [3.8, 4) is 5.75 Å². The van der Waals surface area contributed by atoms with Crippen molar-refractivity contribution in [3.05, 3.63) is 23.8 Å². The molecule has 1 rings (SSSR count). The molecule has 0 bridgehead atoms. The molecule has 1 unspecified atom stereocenters. The van der Waals surface area contributed by atoms with Gasteiger partial charge in [-0.05, 0) is 17.7 Å². The monoisotopic (exact) mass is 210 g/mol. The molecule has 5 heteroatoms. The number of hydrogen-bond donors (Lipinski definition) is 3. The number of rotatable bonds is 5. The second-order valence-corrected chi connectivity index (χ2v) is 3.00. The summed E-state index contributed by atoms with van der Waals surface area (Å²) in [6.45, 7) is 0.335. The molecule has 0 aliphatic heterocycles. The van der Waals surface area contributed by atoms with Gasteiger partial charge in [-0.3, -0.25) is 4.79 Å². The minimum Gasteiger partial charge on any atom is -0.506 e. The molecule has 5 nitrogen and oxygen atoms in total. The minimum absolute atomic E-state index is 0.0118.